The quantitative estimate of drug-likeness (QED) is 0.209. The minimum Gasteiger partial charge on any atom is -0.493 e. The normalized spacial score (nSPS) is 11.7. The van der Waals surface area contributed by atoms with Gasteiger partial charge in [0, 0.05) is 11.1 Å². The van der Waals surface area contributed by atoms with E-state index in [1.54, 1.807) is 30.5 Å². The standard InChI is InChI=1S/C24H23N7O4S/c1-2-7-35-22-6-4-15(36(33,34)31-14-3-5-20-13(8-14)12-27-30-20)9-17(22)23-28-21-11-19(26)18(25)10-16(21)24(32)29-23/h3-6,8-12,31H,2,7,25-26H2,1H3,(H,27,30)(H,28,29,32). The first-order valence-corrected chi connectivity index (χ1v) is 12.6. The van der Waals surface area contributed by atoms with Crippen molar-refractivity contribution >= 4 is 48.9 Å². The summed E-state index contributed by atoms with van der Waals surface area (Å²) >= 11 is 0. The van der Waals surface area contributed by atoms with Gasteiger partial charge in [-0.3, -0.25) is 14.6 Å². The predicted molar refractivity (Wildman–Crippen MR) is 139 cm³/mol. The molecule has 12 heteroatoms. The number of nitrogen functional groups attached to an aromatic ring is 2. The van der Waals surface area contributed by atoms with Gasteiger partial charge >= 0.3 is 0 Å². The summed E-state index contributed by atoms with van der Waals surface area (Å²) in [4.78, 5) is 20.0. The molecule has 184 valence electrons. The third-order valence-corrected chi connectivity index (χ3v) is 6.96. The van der Waals surface area contributed by atoms with Crippen LogP contribution in [0.4, 0.5) is 17.1 Å². The summed E-state index contributed by atoms with van der Waals surface area (Å²) in [6.45, 7) is 2.34. The van der Waals surface area contributed by atoms with Crippen molar-refractivity contribution in [2.45, 2.75) is 18.2 Å². The molecule has 0 radical (unpaired) electrons. The van der Waals surface area contributed by atoms with E-state index in [1.807, 2.05) is 6.92 Å². The number of anilines is 3. The summed E-state index contributed by atoms with van der Waals surface area (Å²) < 4.78 is 34.9. The number of rotatable bonds is 7. The molecule has 0 amide bonds. The smallest absolute Gasteiger partial charge is 0.261 e. The zero-order chi connectivity index (χ0) is 25.4. The Morgan fingerprint density at radius 2 is 1.86 bits per heavy atom. The minimum absolute atomic E-state index is 0.0341. The van der Waals surface area contributed by atoms with Crippen LogP contribution >= 0.6 is 0 Å². The summed E-state index contributed by atoms with van der Waals surface area (Å²) in [5.74, 6) is 0.515. The molecule has 0 aliphatic rings. The number of nitrogens with two attached hydrogens (primary N) is 2. The summed E-state index contributed by atoms with van der Waals surface area (Å²) in [5, 5.41) is 7.80. The largest absolute Gasteiger partial charge is 0.493 e. The van der Waals surface area contributed by atoms with Gasteiger partial charge in [0.25, 0.3) is 15.6 Å². The Labute approximate surface area is 205 Å². The number of ether oxygens (including phenoxy) is 1. The van der Waals surface area contributed by atoms with Gasteiger partial charge in [-0.1, -0.05) is 6.92 Å². The number of nitrogens with zero attached hydrogens (tertiary/aromatic N) is 2. The van der Waals surface area contributed by atoms with Gasteiger partial charge < -0.3 is 21.2 Å². The van der Waals surface area contributed by atoms with E-state index in [-0.39, 0.29) is 27.5 Å². The van der Waals surface area contributed by atoms with Crippen molar-refractivity contribution in [3.05, 3.63) is 65.1 Å². The van der Waals surface area contributed by atoms with E-state index < -0.39 is 15.6 Å². The molecule has 5 rings (SSSR count). The molecule has 0 aliphatic carbocycles. The van der Waals surface area contributed by atoms with Crippen LogP contribution in [0.1, 0.15) is 13.3 Å². The van der Waals surface area contributed by atoms with E-state index in [0.29, 0.717) is 29.1 Å². The molecule has 0 fully saturated rings. The zero-order valence-electron chi connectivity index (χ0n) is 19.2. The summed E-state index contributed by atoms with van der Waals surface area (Å²) in [6, 6.07) is 12.4. The molecule has 2 aromatic heterocycles. The molecule has 0 unspecified atom stereocenters. The minimum atomic E-state index is -3.99. The lowest BCUT2D eigenvalue weighted by Crippen LogP contribution is -2.14. The molecule has 2 heterocycles. The number of benzene rings is 3. The SMILES string of the molecule is CCCOc1ccc(S(=O)(=O)Nc2ccc3[nH]ncc3c2)cc1-c1nc2cc(N)c(N)cc2c(=O)[nH]1. The van der Waals surface area contributed by atoms with E-state index in [1.165, 1.54) is 24.3 Å². The number of aromatic amines is 2. The van der Waals surface area contributed by atoms with Gasteiger partial charge in [0.1, 0.15) is 11.6 Å². The fraction of sp³-hybridized carbons (Fsp3) is 0.125. The van der Waals surface area contributed by atoms with E-state index in [2.05, 4.69) is 24.9 Å². The maximum Gasteiger partial charge on any atom is 0.261 e. The Bertz CT molecular complexity index is 1780. The Kier molecular flexibility index (Phi) is 5.72. The highest BCUT2D eigenvalue weighted by molar-refractivity contribution is 7.92. The fourth-order valence-electron chi connectivity index (χ4n) is 3.77. The lowest BCUT2D eigenvalue weighted by atomic mass is 10.1. The summed E-state index contributed by atoms with van der Waals surface area (Å²) in [6.07, 6.45) is 2.34. The van der Waals surface area contributed by atoms with E-state index in [0.717, 1.165) is 17.3 Å². The molecule has 0 bridgehead atoms. The van der Waals surface area contributed by atoms with Gasteiger partial charge in [-0.05, 0) is 55.0 Å². The Morgan fingerprint density at radius 1 is 1.06 bits per heavy atom. The van der Waals surface area contributed by atoms with Crippen LogP contribution < -0.4 is 26.5 Å². The van der Waals surface area contributed by atoms with Gasteiger partial charge in [-0.15, -0.1) is 0 Å². The van der Waals surface area contributed by atoms with Crippen LogP contribution in [0.15, 0.2) is 64.4 Å². The zero-order valence-corrected chi connectivity index (χ0v) is 20.0. The number of sulfonamides is 1. The average molecular weight is 506 g/mol. The van der Waals surface area contributed by atoms with Gasteiger partial charge in [-0.25, -0.2) is 13.4 Å². The number of fused-ring (bicyclic) bond motifs is 2. The Hall–Kier alpha value is -4.58. The average Bonchev–Trinajstić information content (AvgIpc) is 3.31. The van der Waals surface area contributed by atoms with Crippen LogP contribution in [-0.4, -0.2) is 35.2 Å². The number of hydrogen-bond acceptors (Lipinski definition) is 8. The molecule has 7 N–H and O–H groups in total. The molecule has 0 saturated heterocycles. The molecule has 3 aromatic carbocycles. The highest BCUT2D eigenvalue weighted by Gasteiger charge is 2.20. The van der Waals surface area contributed by atoms with Crippen molar-refractivity contribution < 1.29 is 13.2 Å². The molecule has 36 heavy (non-hydrogen) atoms. The van der Waals surface area contributed by atoms with E-state index >= 15 is 0 Å². The second-order valence-corrected chi connectivity index (χ2v) is 9.88. The third-order valence-electron chi connectivity index (χ3n) is 5.58. The molecule has 0 atom stereocenters. The monoisotopic (exact) mass is 505 g/mol. The molecule has 11 nitrogen and oxygen atoms in total. The van der Waals surface area contributed by atoms with Crippen molar-refractivity contribution in [1.29, 1.82) is 0 Å². The van der Waals surface area contributed by atoms with Crippen molar-refractivity contribution in [1.82, 2.24) is 20.2 Å². The third kappa shape index (κ3) is 4.29. The van der Waals surface area contributed by atoms with Crippen LogP contribution in [0.5, 0.6) is 5.75 Å². The topological polar surface area (TPSA) is 182 Å². The maximum atomic E-state index is 13.2. The highest BCUT2D eigenvalue weighted by atomic mass is 32.2. The Balaban J connectivity index is 1.60. The first-order chi connectivity index (χ1) is 17.2. The van der Waals surface area contributed by atoms with E-state index in [9.17, 15) is 13.2 Å². The fourth-order valence-corrected chi connectivity index (χ4v) is 4.84. The number of H-pyrrole nitrogens is 2. The summed E-state index contributed by atoms with van der Waals surface area (Å²) in [5.41, 5.74) is 13.6. The van der Waals surface area contributed by atoms with Crippen LogP contribution in [0.2, 0.25) is 0 Å². The molecule has 0 saturated carbocycles. The highest BCUT2D eigenvalue weighted by Crippen LogP contribution is 2.32. The second-order valence-electron chi connectivity index (χ2n) is 8.20. The molecule has 0 spiro atoms. The van der Waals surface area contributed by atoms with Crippen molar-refractivity contribution in [3.63, 3.8) is 0 Å². The maximum absolute atomic E-state index is 13.2. The van der Waals surface area contributed by atoms with Crippen molar-refractivity contribution in [3.8, 4) is 17.1 Å². The van der Waals surface area contributed by atoms with Crippen molar-refractivity contribution in [2.24, 2.45) is 0 Å². The number of aromatic nitrogens is 4. The Morgan fingerprint density at radius 3 is 2.67 bits per heavy atom. The van der Waals surface area contributed by atoms with E-state index in [4.69, 9.17) is 16.2 Å². The van der Waals surface area contributed by atoms with Gasteiger partial charge in [-0.2, -0.15) is 5.10 Å². The summed E-state index contributed by atoms with van der Waals surface area (Å²) in [7, 11) is -3.99. The van der Waals surface area contributed by atoms with Gasteiger partial charge in [0.15, 0.2) is 0 Å². The molecular formula is C24H23N7O4S. The lowest BCUT2D eigenvalue weighted by Gasteiger charge is -2.14. The van der Waals surface area contributed by atoms with Crippen LogP contribution in [-0.2, 0) is 10.0 Å². The lowest BCUT2D eigenvalue weighted by molar-refractivity contribution is 0.318. The molecule has 0 aliphatic heterocycles. The first kappa shape index (κ1) is 23.2. The van der Waals surface area contributed by atoms with Gasteiger partial charge in [0.2, 0.25) is 0 Å². The van der Waals surface area contributed by atoms with Crippen LogP contribution in [0, 0.1) is 0 Å². The van der Waals surface area contributed by atoms with Gasteiger partial charge in [0.05, 0.1) is 51.1 Å². The van der Waals surface area contributed by atoms with Crippen LogP contribution in [0.25, 0.3) is 33.2 Å². The molecular weight excluding hydrogens is 482 g/mol. The van der Waals surface area contributed by atoms with Crippen LogP contribution in [0.3, 0.4) is 0 Å². The number of hydrogen-bond donors (Lipinski definition) is 5. The van der Waals surface area contributed by atoms with Crippen molar-refractivity contribution in [2.75, 3.05) is 22.8 Å². The number of nitrogens with one attached hydrogen (secondary N) is 3. The predicted octanol–water partition coefficient (Wildman–Crippen LogP) is 3.22. The second kappa shape index (κ2) is 8.89. The molecule has 5 aromatic rings. The first-order valence-electron chi connectivity index (χ1n) is 11.1.